The zero-order valence-corrected chi connectivity index (χ0v) is 49.1. The zero-order valence-electron chi connectivity index (χ0n) is 49.1. The van der Waals surface area contributed by atoms with Crippen molar-refractivity contribution in [1.29, 1.82) is 0 Å². The predicted molar refractivity (Wildman–Crippen MR) is 301 cm³/mol. The van der Waals surface area contributed by atoms with Crippen LogP contribution < -0.4 is 20.1 Å². The number of likely N-dealkylation sites (tertiary alicyclic amines) is 1. The summed E-state index contributed by atoms with van der Waals surface area (Å²) in [6.07, 6.45) is 0.939. The lowest BCUT2D eigenvalue weighted by Crippen LogP contribution is -2.58. The number of aromatic nitrogens is 4. The van der Waals surface area contributed by atoms with Gasteiger partial charge in [0.25, 0.3) is 0 Å². The van der Waals surface area contributed by atoms with Crippen molar-refractivity contribution in [3.63, 3.8) is 0 Å². The number of rotatable bonds is 12. The van der Waals surface area contributed by atoms with Gasteiger partial charge in [-0.05, 0) is 72.9 Å². The Morgan fingerprint density at radius 3 is 2.01 bits per heavy atom. The number of halogens is 4. The van der Waals surface area contributed by atoms with E-state index in [4.69, 9.17) is 37.9 Å². The second kappa shape index (κ2) is 26.3. The van der Waals surface area contributed by atoms with Gasteiger partial charge >= 0.3 is 36.0 Å². The van der Waals surface area contributed by atoms with Gasteiger partial charge < -0.3 is 58.3 Å². The Balaban J connectivity index is 0.000000224. The summed E-state index contributed by atoms with van der Waals surface area (Å²) in [5, 5.41) is 5.32. The summed E-state index contributed by atoms with van der Waals surface area (Å²) in [5.41, 5.74) is -1.90. The number of nitrogens with zero attached hydrogens (tertiary/aromatic N) is 6. The van der Waals surface area contributed by atoms with Crippen molar-refractivity contribution in [2.45, 2.75) is 153 Å². The summed E-state index contributed by atoms with van der Waals surface area (Å²) in [4.78, 5) is 98.6. The Morgan fingerprint density at radius 2 is 1.43 bits per heavy atom. The van der Waals surface area contributed by atoms with Gasteiger partial charge in [0.2, 0.25) is 23.6 Å². The molecule has 4 aromatic rings. The third-order valence-electron chi connectivity index (χ3n) is 15.3. The smallest absolute Gasteiger partial charge is 0.408 e. The molecule has 0 unspecified atom stereocenters. The molecule has 4 fully saturated rings. The highest BCUT2D eigenvalue weighted by Gasteiger charge is 2.50. The third-order valence-corrected chi connectivity index (χ3v) is 15.3. The summed E-state index contributed by atoms with van der Waals surface area (Å²) >= 11 is 0. The van der Waals surface area contributed by atoms with Crippen molar-refractivity contribution in [2.24, 2.45) is 10.8 Å². The molecule has 4 amide bonds. The molecule has 2 N–H and O–H groups in total. The maximum atomic E-state index is 15.6. The van der Waals surface area contributed by atoms with Gasteiger partial charge in [0.05, 0.1) is 74.8 Å². The van der Waals surface area contributed by atoms with Crippen molar-refractivity contribution >= 4 is 58.0 Å². The monoisotopic (exact) mass is 1200 g/mol. The lowest BCUT2D eigenvalue weighted by molar-refractivity contribution is -0.152. The van der Waals surface area contributed by atoms with Gasteiger partial charge in [-0.25, -0.2) is 39.1 Å². The number of esters is 2. The van der Waals surface area contributed by atoms with E-state index in [2.05, 4.69) is 43.7 Å². The van der Waals surface area contributed by atoms with Gasteiger partial charge in [0.15, 0.2) is 11.4 Å². The molecule has 2 aromatic heterocycles. The Morgan fingerprint density at radius 1 is 0.814 bits per heavy atom. The van der Waals surface area contributed by atoms with E-state index in [1.807, 2.05) is 0 Å². The second-order valence-electron chi connectivity index (χ2n) is 23.6. The maximum absolute atomic E-state index is 15.6. The molecule has 2 saturated carbocycles. The fourth-order valence-corrected chi connectivity index (χ4v) is 10.3. The Bertz CT molecular complexity index is 3230. The first kappa shape index (κ1) is 64.0. The SMILES string of the molecule is C=CCO[C@@H]1CC[C@H]1OC(=O)N[C@H](C(=O)N1C[C@H](Oc2nc3ccccc3nc2C(F)(F)C=C)C[C@H]1C(=O)OC)C(C)(C)C.COC(=O)[C@@H]1C[C@@H]2CN1C(=O)[C@H](C(C)(C)C)NC(=O)O[C@@H]1CC[C@H]1OC/C=C/C(F)(F)c1nc3ccccc3nc1O2. The Kier molecular flexibility index (Phi) is 19.6. The number of carbonyl (C=O) groups is 6. The molecule has 0 radical (unpaired) electrons. The number of hydrogen-bond donors (Lipinski definition) is 2. The number of amides is 4. The number of carbonyl (C=O) groups excluding carboxylic acids is 6. The zero-order chi connectivity index (χ0) is 62.5. The van der Waals surface area contributed by atoms with Gasteiger partial charge in [-0.3, -0.25) is 9.59 Å². The number of ether oxygens (including phenoxy) is 8. The number of methoxy groups -OCH3 is 2. The van der Waals surface area contributed by atoms with Crippen LogP contribution in [0.5, 0.6) is 11.8 Å². The maximum Gasteiger partial charge on any atom is 0.408 e. The number of hydrogen-bond acceptors (Lipinski definition) is 18. The van der Waals surface area contributed by atoms with Crippen molar-refractivity contribution in [1.82, 2.24) is 40.4 Å². The quantitative estimate of drug-likeness (QED) is 0.0593. The molecule has 3 aliphatic heterocycles. The lowest BCUT2D eigenvalue weighted by atomic mass is 9.85. The van der Waals surface area contributed by atoms with E-state index < -0.39 is 136 Å². The molecule has 2 aliphatic carbocycles. The van der Waals surface area contributed by atoms with Gasteiger partial charge in [-0.15, -0.1) is 6.58 Å². The number of allylic oxidation sites excluding steroid dienone is 2. The highest BCUT2D eigenvalue weighted by Crippen LogP contribution is 2.40. The number of benzene rings is 2. The summed E-state index contributed by atoms with van der Waals surface area (Å²) in [6, 6.07) is 8.62. The van der Waals surface area contributed by atoms with Crippen LogP contribution in [0.25, 0.3) is 22.1 Å². The molecule has 26 heteroatoms. The highest BCUT2D eigenvalue weighted by molar-refractivity contribution is 5.92. The van der Waals surface area contributed by atoms with Gasteiger partial charge in [0.1, 0.15) is 48.6 Å². The van der Waals surface area contributed by atoms with E-state index in [1.54, 1.807) is 96.1 Å². The molecule has 86 heavy (non-hydrogen) atoms. The van der Waals surface area contributed by atoms with Crippen molar-refractivity contribution in [2.75, 3.05) is 40.5 Å². The van der Waals surface area contributed by atoms with Crippen LogP contribution in [0.2, 0.25) is 0 Å². The van der Waals surface area contributed by atoms with Crippen LogP contribution >= 0.6 is 0 Å². The van der Waals surface area contributed by atoms with Crippen LogP contribution in [0.3, 0.4) is 0 Å². The highest BCUT2D eigenvalue weighted by atomic mass is 19.3. The number of fused-ring (bicyclic) bond motifs is 6. The second-order valence-corrected chi connectivity index (χ2v) is 23.6. The van der Waals surface area contributed by atoms with Crippen LogP contribution in [-0.2, 0) is 59.4 Å². The van der Waals surface area contributed by atoms with Crippen LogP contribution in [-0.4, -0.2) is 167 Å². The van der Waals surface area contributed by atoms with E-state index in [1.165, 1.54) is 30.1 Å². The summed E-state index contributed by atoms with van der Waals surface area (Å²) in [7, 11) is 2.37. The average molecular weight is 1210 g/mol. The van der Waals surface area contributed by atoms with Gasteiger partial charge in [-0.2, -0.15) is 17.6 Å². The minimum Gasteiger partial charge on any atom is -0.471 e. The van der Waals surface area contributed by atoms with E-state index in [9.17, 15) is 37.5 Å². The Hall–Kier alpha value is -8.00. The van der Waals surface area contributed by atoms with Crippen LogP contribution in [0.1, 0.15) is 91.5 Å². The van der Waals surface area contributed by atoms with E-state index in [0.29, 0.717) is 49.1 Å². The van der Waals surface area contributed by atoms with Crippen molar-refractivity contribution in [3.05, 3.63) is 97.4 Å². The van der Waals surface area contributed by atoms with Crippen LogP contribution in [0.4, 0.5) is 27.2 Å². The first-order valence-corrected chi connectivity index (χ1v) is 28.2. The minimum atomic E-state index is -3.59. The molecule has 2 aromatic carbocycles. The average Bonchev–Trinajstić information content (AvgIpc) is 4.00. The number of nitrogens with one attached hydrogen (secondary N) is 2. The molecular formula is C60H72F4N8O14. The van der Waals surface area contributed by atoms with E-state index >= 15 is 8.78 Å². The molecular weight excluding hydrogens is 1130 g/mol. The number of alkyl halides is 4. The fraction of sp³-hybridized carbons (Fsp3) is 0.533. The van der Waals surface area contributed by atoms with E-state index in [-0.39, 0.29) is 49.7 Å². The lowest BCUT2D eigenvalue weighted by Gasteiger charge is -2.37. The third kappa shape index (κ3) is 14.6. The Labute approximate surface area is 494 Å². The minimum absolute atomic E-state index is 0.0489. The van der Waals surface area contributed by atoms with Crippen LogP contribution in [0.15, 0.2) is 86.0 Å². The molecule has 2 bridgehead atoms. The fourth-order valence-electron chi connectivity index (χ4n) is 10.3. The molecule has 9 rings (SSSR count). The predicted octanol–water partition coefficient (Wildman–Crippen LogP) is 7.80. The summed E-state index contributed by atoms with van der Waals surface area (Å²) in [6.45, 7) is 17.2. The summed E-state index contributed by atoms with van der Waals surface area (Å²) in [5.74, 6) is -10.6. The topological polar surface area (TPSA) is 258 Å². The number of para-hydroxylation sites is 4. The van der Waals surface area contributed by atoms with Gasteiger partial charge in [0, 0.05) is 12.8 Å². The standard InChI is InChI=1S/C31H38F2N4O7.C29H34F2N4O7/c1-7-15-42-22-13-14-23(22)44-29(40)36-25(30(3,4)5)27(38)37-17-18(16-21(37)28(39)41-6)43-26-24(31(32,33)8-2)34-19-11-9-10-12-20(19)35-26;1-28(2,3)23-25(36)35-15-16(14-19(35)26(37)39-4)41-24-22(32-17-8-5-6-9-18(17)33-24)29(30,31)12-7-13-40-20-10-11-21(20)42-27(38)34-23/h7-12,18,21-23,25H,1-2,13-17H2,3-6H3,(H,36,40);5-9,12,16,19-21,23H,10-11,13-15H2,1-4H3,(H,34,38)/b;12-7+/t18-,21+,22-,23-,25-;16-,19+,20-,21-,23-/m11/s1. The normalized spacial score (nSPS) is 25.7. The van der Waals surface area contributed by atoms with Crippen molar-refractivity contribution in [3.8, 4) is 11.8 Å². The first-order chi connectivity index (χ1) is 40.7. The molecule has 2 saturated heterocycles. The number of alkyl carbamates (subject to hydrolysis) is 2. The first-order valence-electron chi connectivity index (χ1n) is 28.2. The molecule has 10 atom stereocenters. The van der Waals surface area contributed by atoms with E-state index in [0.717, 1.165) is 6.42 Å². The van der Waals surface area contributed by atoms with Crippen LogP contribution in [0, 0.1) is 10.8 Å². The largest absolute Gasteiger partial charge is 0.471 e. The molecule has 5 heterocycles. The molecule has 22 nitrogen and oxygen atoms in total. The van der Waals surface area contributed by atoms with Gasteiger partial charge in [-0.1, -0.05) is 84.5 Å². The van der Waals surface area contributed by atoms with Crippen molar-refractivity contribution < 1.29 is 84.2 Å². The summed E-state index contributed by atoms with van der Waals surface area (Å²) < 4.78 is 105. The molecule has 0 spiro atoms. The molecule has 5 aliphatic rings. The molecule has 464 valence electrons.